The summed E-state index contributed by atoms with van der Waals surface area (Å²) in [7, 11) is 1.72. The molecule has 0 bridgehead atoms. The van der Waals surface area contributed by atoms with Gasteiger partial charge in [0, 0.05) is 38.8 Å². The van der Waals surface area contributed by atoms with Gasteiger partial charge in [0.15, 0.2) is 11.5 Å². The number of methoxy groups -OCH3 is 1. The maximum atomic E-state index is 9.08. The summed E-state index contributed by atoms with van der Waals surface area (Å²) in [5, 5.41) is 12.3. The standard InChI is InChI=1S/C15H17N7O/c1-23-12-6-11(22(9-12)14-2-3-17-10-21-14)8-20-15-13(7-16)18-4-5-19-15/h2-5,10-12H,6,8-9H2,1H3,(H,19,20)/t11-,12-/m1/s1. The number of rotatable bonds is 5. The Morgan fingerprint density at radius 1 is 1.35 bits per heavy atom. The van der Waals surface area contributed by atoms with Gasteiger partial charge in [-0.3, -0.25) is 0 Å². The first-order valence-electron chi connectivity index (χ1n) is 7.32. The first kappa shape index (κ1) is 15.1. The van der Waals surface area contributed by atoms with Crippen LogP contribution in [0.15, 0.2) is 31.0 Å². The lowest BCUT2D eigenvalue weighted by molar-refractivity contribution is 0.118. The van der Waals surface area contributed by atoms with Gasteiger partial charge in [-0.15, -0.1) is 0 Å². The van der Waals surface area contributed by atoms with E-state index >= 15 is 0 Å². The quantitative estimate of drug-likeness (QED) is 0.867. The van der Waals surface area contributed by atoms with Crippen molar-refractivity contribution in [2.75, 3.05) is 30.4 Å². The van der Waals surface area contributed by atoms with Crippen LogP contribution in [-0.2, 0) is 4.74 Å². The molecule has 1 N–H and O–H groups in total. The van der Waals surface area contributed by atoms with Crippen LogP contribution in [0.5, 0.6) is 0 Å². The molecule has 0 aliphatic carbocycles. The first-order chi connectivity index (χ1) is 11.3. The summed E-state index contributed by atoms with van der Waals surface area (Å²) in [4.78, 5) is 18.6. The van der Waals surface area contributed by atoms with Crippen molar-refractivity contribution < 1.29 is 4.74 Å². The van der Waals surface area contributed by atoms with Crippen LogP contribution in [0.1, 0.15) is 12.1 Å². The molecule has 0 amide bonds. The maximum Gasteiger partial charge on any atom is 0.182 e. The molecule has 2 aromatic rings. The van der Waals surface area contributed by atoms with Crippen LogP contribution in [0.3, 0.4) is 0 Å². The van der Waals surface area contributed by atoms with Crippen molar-refractivity contribution in [3.05, 3.63) is 36.7 Å². The normalized spacial score (nSPS) is 20.3. The Labute approximate surface area is 134 Å². The number of nitrogens with zero attached hydrogens (tertiary/aromatic N) is 6. The van der Waals surface area contributed by atoms with E-state index in [1.807, 2.05) is 12.1 Å². The minimum Gasteiger partial charge on any atom is -0.380 e. The molecule has 8 heteroatoms. The molecule has 3 heterocycles. The molecule has 0 saturated carbocycles. The third-order valence-corrected chi connectivity index (χ3v) is 3.88. The van der Waals surface area contributed by atoms with Gasteiger partial charge in [-0.05, 0) is 12.5 Å². The number of nitriles is 1. The molecule has 118 valence electrons. The molecule has 1 fully saturated rings. The highest BCUT2D eigenvalue weighted by Crippen LogP contribution is 2.25. The Morgan fingerprint density at radius 3 is 2.96 bits per heavy atom. The summed E-state index contributed by atoms with van der Waals surface area (Å²) in [6.07, 6.45) is 7.36. The van der Waals surface area contributed by atoms with E-state index in [4.69, 9.17) is 10.00 Å². The van der Waals surface area contributed by atoms with E-state index in [-0.39, 0.29) is 12.1 Å². The number of hydrogen-bond acceptors (Lipinski definition) is 8. The fourth-order valence-electron chi connectivity index (χ4n) is 2.74. The van der Waals surface area contributed by atoms with Gasteiger partial charge in [-0.2, -0.15) is 5.26 Å². The molecule has 2 aromatic heterocycles. The average molecular weight is 311 g/mol. The maximum absolute atomic E-state index is 9.08. The third kappa shape index (κ3) is 3.35. The number of hydrogen-bond donors (Lipinski definition) is 1. The smallest absolute Gasteiger partial charge is 0.182 e. The van der Waals surface area contributed by atoms with Crippen molar-refractivity contribution in [1.29, 1.82) is 5.26 Å². The van der Waals surface area contributed by atoms with Crippen molar-refractivity contribution in [1.82, 2.24) is 19.9 Å². The lowest BCUT2D eigenvalue weighted by atomic mass is 10.2. The molecule has 0 spiro atoms. The zero-order chi connectivity index (χ0) is 16.1. The van der Waals surface area contributed by atoms with Crippen LogP contribution in [0, 0.1) is 11.3 Å². The minimum absolute atomic E-state index is 0.147. The highest BCUT2D eigenvalue weighted by molar-refractivity contribution is 5.48. The second kappa shape index (κ2) is 6.98. The summed E-state index contributed by atoms with van der Waals surface area (Å²) >= 11 is 0. The lowest BCUT2D eigenvalue weighted by Gasteiger charge is -2.25. The van der Waals surface area contributed by atoms with E-state index in [1.165, 1.54) is 12.5 Å². The lowest BCUT2D eigenvalue weighted by Crippen LogP contribution is -2.36. The topological polar surface area (TPSA) is 99.8 Å². The molecule has 1 aliphatic heterocycles. The number of nitrogens with one attached hydrogen (secondary N) is 1. The molecule has 8 nitrogen and oxygen atoms in total. The summed E-state index contributed by atoms with van der Waals surface area (Å²) in [6.45, 7) is 1.39. The predicted octanol–water partition coefficient (Wildman–Crippen LogP) is 0.844. The number of ether oxygens (including phenoxy) is 1. The molecule has 1 saturated heterocycles. The van der Waals surface area contributed by atoms with E-state index in [1.54, 1.807) is 19.5 Å². The van der Waals surface area contributed by atoms with E-state index in [0.717, 1.165) is 18.8 Å². The number of anilines is 2. The van der Waals surface area contributed by atoms with Gasteiger partial charge in [0.1, 0.15) is 18.2 Å². The Bertz CT molecular complexity index is 688. The van der Waals surface area contributed by atoms with Crippen LogP contribution < -0.4 is 10.2 Å². The molecule has 3 rings (SSSR count). The number of aromatic nitrogens is 4. The Balaban J connectivity index is 1.73. The highest BCUT2D eigenvalue weighted by atomic mass is 16.5. The second-order valence-electron chi connectivity index (χ2n) is 5.21. The van der Waals surface area contributed by atoms with E-state index in [9.17, 15) is 0 Å². The summed E-state index contributed by atoms with van der Waals surface area (Å²) in [5.41, 5.74) is 0.294. The van der Waals surface area contributed by atoms with Gasteiger partial charge >= 0.3 is 0 Å². The SMILES string of the molecule is CO[C@@H]1C[C@H](CNc2nccnc2C#N)N(c2ccncn2)C1. The zero-order valence-corrected chi connectivity index (χ0v) is 12.8. The predicted molar refractivity (Wildman–Crippen MR) is 83.8 cm³/mol. The van der Waals surface area contributed by atoms with Gasteiger partial charge in [0.2, 0.25) is 0 Å². The van der Waals surface area contributed by atoms with Gasteiger partial charge < -0.3 is 15.0 Å². The van der Waals surface area contributed by atoms with Crippen LogP contribution >= 0.6 is 0 Å². The summed E-state index contributed by atoms with van der Waals surface area (Å²) in [5.74, 6) is 1.37. The zero-order valence-electron chi connectivity index (χ0n) is 12.8. The van der Waals surface area contributed by atoms with Gasteiger partial charge in [-0.25, -0.2) is 19.9 Å². The van der Waals surface area contributed by atoms with Crippen molar-refractivity contribution in [3.63, 3.8) is 0 Å². The van der Waals surface area contributed by atoms with Crippen molar-refractivity contribution in [3.8, 4) is 6.07 Å². The monoisotopic (exact) mass is 311 g/mol. The summed E-state index contributed by atoms with van der Waals surface area (Å²) in [6, 6.07) is 4.11. The Hall–Kier alpha value is -2.79. The van der Waals surface area contributed by atoms with Crippen molar-refractivity contribution >= 4 is 11.6 Å². The van der Waals surface area contributed by atoms with Crippen LogP contribution in [0.25, 0.3) is 0 Å². The molecule has 0 unspecified atom stereocenters. The molecular weight excluding hydrogens is 294 g/mol. The average Bonchev–Trinajstić information content (AvgIpc) is 3.04. The Kier molecular flexibility index (Phi) is 4.59. The Morgan fingerprint density at radius 2 is 2.22 bits per heavy atom. The van der Waals surface area contributed by atoms with E-state index in [2.05, 4.69) is 30.2 Å². The van der Waals surface area contributed by atoms with Crippen molar-refractivity contribution in [2.45, 2.75) is 18.6 Å². The highest BCUT2D eigenvalue weighted by Gasteiger charge is 2.33. The fourth-order valence-corrected chi connectivity index (χ4v) is 2.74. The second-order valence-corrected chi connectivity index (χ2v) is 5.21. The fraction of sp³-hybridized carbons (Fsp3) is 0.400. The molecular formula is C15H17N7O. The van der Waals surface area contributed by atoms with Gasteiger partial charge in [0.25, 0.3) is 0 Å². The van der Waals surface area contributed by atoms with Crippen LogP contribution in [0.4, 0.5) is 11.6 Å². The van der Waals surface area contributed by atoms with Crippen molar-refractivity contribution in [2.24, 2.45) is 0 Å². The first-order valence-corrected chi connectivity index (χ1v) is 7.32. The molecule has 0 radical (unpaired) electrons. The molecule has 23 heavy (non-hydrogen) atoms. The van der Waals surface area contributed by atoms with Crippen LogP contribution in [-0.4, -0.2) is 52.3 Å². The molecule has 0 aromatic carbocycles. The van der Waals surface area contributed by atoms with Crippen LogP contribution in [0.2, 0.25) is 0 Å². The summed E-state index contributed by atoms with van der Waals surface area (Å²) < 4.78 is 5.50. The third-order valence-electron chi connectivity index (χ3n) is 3.88. The van der Waals surface area contributed by atoms with E-state index < -0.39 is 0 Å². The van der Waals surface area contributed by atoms with Gasteiger partial charge in [0.05, 0.1) is 12.1 Å². The largest absolute Gasteiger partial charge is 0.380 e. The molecule has 1 aliphatic rings. The molecule has 2 atom stereocenters. The van der Waals surface area contributed by atoms with Gasteiger partial charge in [-0.1, -0.05) is 0 Å². The van der Waals surface area contributed by atoms with E-state index in [0.29, 0.717) is 18.1 Å². The minimum atomic E-state index is 0.147.